The molecule has 0 aliphatic heterocycles. The first-order valence-electron chi connectivity index (χ1n) is 6.08. The van der Waals surface area contributed by atoms with Gasteiger partial charge in [-0.2, -0.15) is 0 Å². The van der Waals surface area contributed by atoms with Crippen LogP contribution < -0.4 is 11.1 Å². The molecule has 0 fully saturated rings. The van der Waals surface area contributed by atoms with Gasteiger partial charge in [-0.3, -0.25) is 4.79 Å². The highest BCUT2D eigenvalue weighted by Gasteiger charge is 2.12. The standard InChI is InChI=1S/C15H10Br2N2OS/c16-9-1-3-11(17)12(7-9)19-15(20)14-6-8-5-10(18)2-4-13(8)21-14/h1-7H,18H2,(H,19,20). The molecule has 1 amide bonds. The summed E-state index contributed by atoms with van der Waals surface area (Å²) in [6, 6.07) is 13.1. The normalized spacial score (nSPS) is 10.8. The van der Waals surface area contributed by atoms with Gasteiger partial charge in [-0.25, -0.2) is 0 Å². The molecule has 0 saturated heterocycles. The molecule has 106 valence electrons. The number of benzene rings is 2. The van der Waals surface area contributed by atoms with Gasteiger partial charge >= 0.3 is 0 Å². The number of nitrogens with one attached hydrogen (secondary N) is 1. The van der Waals surface area contributed by atoms with E-state index >= 15 is 0 Å². The number of nitrogens with two attached hydrogens (primary N) is 1. The summed E-state index contributed by atoms with van der Waals surface area (Å²) in [5.74, 6) is -0.131. The predicted molar refractivity (Wildman–Crippen MR) is 96.0 cm³/mol. The number of carbonyl (C=O) groups excluding carboxylic acids is 1. The summed E-state index contributed by atoms with van der Waals surface area (Å²) in [7, 11) is 0. The summed E-state index contributed by atoms with van der Waals surface area (Å²) < 4.78 is 2.79. The lowest BCUT2D eigenvalue weighted by Crippen LogP contribution is -2.10. The zero-order valence-corrected chi connectivity index (χ0v) is 14.7. The molecule has 0 bridgehead atoms. The van der Waals surface area contributed by atoms with Crippen LogP contribution in [0.4, 0.5) is 11.4 Å². The SMILES string of the molecule is Nc1ccc2sc(C(=O)Nc3cc(Br)ccc3Br)cc2c1. The molecule has 1 heterocycles. The van der Waals surface area contributed by atoms with Crippen molar-refractivity contribution in [2.24, 2.45) is 0 Å². The number of hydrogen-bond acceptors (Lipinski definition) is 3. The van der Waals surface area contributed by atoms with Crippen LogP contribution in [0, 0.1) is 0 Å². The molecule has 0 spiro atoms. The molecule has 3 nitrogen and oxygen atoms in total. The summed E-state index contributed by atoms with van der Waals surface area (Å²) in [6.07, 6.45) is 0. The van der Waals surface area contributed by atoms with E-state index in [9.17, 15) is 4.79 Å². The largest absolute Gasteiger partial charge is 0.399 e. The first kappa shape index (κ1) is 14.6. The van der Waals surface area contributed by atoms with Gasteiger partial charge in [-0.15, -0.1) is 11.3 Å². The molecule has 2 aromatic carbocycles. The van der Waals surface area contributed by atoms with Crippen molar-refractivity contribution >= 4 is 70.6 Å². The van der Waals surface area contributed by atoms with Crippen LogP contribution in [0.2, 0.25) is 0 Å². The van der Waals surface area contributed by atoms with Gasteiger partial charge in [0.2, 0.25) is 0 Å². The Morgan fingerprint density at radius 3 is 2.71 bits per heavy atom. The third-order valence-electron chi connectivity index (χ3n) is 2.94. The number of fused-ring (bicyclic) bond motifs is 1. The molecule has 0 aliphatic carbocycles. The first-order chi connectivity index (χ1) is 10.0. The summed E-state index contributed by atoms with van der Waals surface area (Å²) in [5.41, 5.74) is 7.19. The van der Waals surface area contributed by atoms with Crippen molar-refractivity contribution in [3.63, 3.8) is 0 Å². The predicted octanol–water partition coefficient (Wildman–Crippen LogP) is 5.26. The molecule has 3 aromatic rings. The van der Waals surface area contributed by atoms with Crippen LogP contribution in [0.25, 0.3) is 10.1 Å². The smallest absolute Gasteiger partial charge is 0.265 e. The van der Waals surface area contributed by atoms with E-state index < -0.39 is 0 Å². The highest BCUT2D eigenvalue weighted by atomic mass is 79.9. The molecule has 6 heteroatoms. The Labute approximate surface area is 142 Å². The number of halogens is 2. The van der Waals surface area contributed by atoms with Crippen LogP contribution in [0.15, 0.2) is 51.4 Å². The van der Waals surface area contributed by atoms with Crippen molar-refractivity contribution in [1.82, 2.24) is 0 Å². The average Bonchev–Trinajstić information content (AvgIpc) is 2.86. The van der Waals surface area contributed by atoms with Crippen molar-refractivity contribution < 1.29 is 4.79 Å². The first-order valence-corrected chi connectivity index (χ1v) is 8.48. The number of carbonyl (C=O) groups is 1. The van der Waals surface area contributed by atoms with Gasteiger partial charge in [0.25, 0.3) is 5.91 Å². The second kappa shape index (κ2) is 5.79. The second-order valence-corrected chi connectivity index (χ2v) is 7.34. The number of amides is 1. The third kappa shape index (κ3) is 3.12. The molecule has 0 radical (unpaired) electrons. The van der Waals surface area contributed by atoms with E-state index in [1.165, 1.54) is 11.3 Å². The number of hydrogen-bond donors (Lipinski definition) is 2. The maximum absolute atomic E-state index is 12.4. The third-order valence-corrected chi connectivity index (χ3v) is 5.24. The zero-order chi connectivity index (χ0) is 15.0. The van der Waals surface area contributed by atoms with Gasteiger partial charge in [-0.05, 0) is 63.8 Å². The number of rotatable bonds is 2. The highest BCUT2D eigenvalue weighted by molar-refractivity contribution is 9.11. The van der Waals surface area contributed by atoms with Crippen molar-refractivity contribution in [3.05, 3.63) is 56.3 Å². The molecule has 0 saturated carbocycles. The summed E-state index contributed by atoms with van der Waals surface area (Å²) >= 11 is 8.27. The summed E-state index contributed by atoms with van der Waals surface area (Å²) in [5, 5.41) is 3.89. The molecular formula is C15H10Br2N2OS. The van der Waals surface area contributed by atoms with E-state index in [4.69, 9.17) is 5.73 Å². The van der Waals surface area contributed by atoms with E-state index in [2.05, 4.69) is 37.2 Å². The maximum Gasteiger partial charge on any atom is 0.265 e. The van der Waals surface area contributed by atoms with Crippen molar-refractivity contribution in [3.8, 4) is 0 Å². The Bertz CT molecular complexity index is 845. The van der Waals surface area contributed by atoms with Crippen LogP contribution in [0.1, 0.15) is 9.67 Å². The quantitative estimate of drug-likeness (QED) is 0.550. The fourth-order valence-corrected chi connectivity index (χ4v) is 3.60. The molecule has 0 aliphatic rings. The Balaban J connectivity index is 1.91. The van der Waals surface area contributed by atoms with E-state index in [-0.39, 0.29) is 5.91 Å². The highest BCUT2D eigenvalue weighted by Crippen LogP contribution is 2.30. The fraction of sp³-hybridized carbons (Fsp3) is 0. The minimum atomic E-state index is -0.131. The van der Waals surface area contributed by atoms with Crippen LogP contribution >= 0.6 is 43.2 Å². The summed E-state index contributed by atoms with van der Waals surface area (Å²) in [6.45, 7) is 0. The van der Waals surface area contributed by atoms with Gasteiger partial charge in [0.1, 0.15) is 0 Å². The van der Waals surface area contributed by atoms with Gasteiger partial charge in [0.15, 0.2) is 0 Å². The number of anilines is 2. The van der Waals surface area contributed by atoms with Crippen molar-refractivity contribution in [2.75, 3.05) is 11.1 Å². The van der Waals surface area contributed by atoms with E-state index in [0.717, 1.165) is 24.7 Å². The van der Waals surface area contributed by atoms with Crippen molar-refractivity contribution in [2.45, 2.75) is 0 Å². The molecule has 0 atom stereocenters. The maximum atomic E-state index is 12.4. The van der Waals surface area contributed by atoms with Gasteiger partial charge in [0.05, 0.1) is 10.6 Å². The zero-order valence-electron chi connectivity index (χ0n) is 10.7. The lowest BCUT2D eigenvalue weighted by Gasteiger charge is -2.06. The van der Waals surface area contributed by atoms with Crippen LogP contribution in [0.3, 0.4) is 0 Å². The van der Waals surface area contributed by atoms with Gasteiger partial charge in [0, 0.05) is 19.3 Å². The van der Waals surface area contributed by atoms with E-state index in [1.807, 2.05) is 42.5 Å². The lowest BCUT2D eigenvalue weighted by molar-refractivity contribution is 0.103. The van der Waals surface area contributed by atoms with Crippen molar-refractivity contribution in [1.29, 1.82) is 0 Å². The topological polar surface area (TPSA) is 55.1 Å². The Morgan fingerprint density at radius 1 is 1.10 bits per heavy atom. The number of nitrogen functional groups attached to an aromatic ring is 1. The minimum Gasteiger partial charge on any atom is -0.399 e. The second-order valence-electron chi connectivity index (χ2n) is 4.49. The molecular weight excluding hydrogens is 416 g/mol. The van der Waals surface area contributed by atoms with Crippen LogP contribution in [-0.4, -0.2) is 5.91 Å². The Kier molecular flexibility index (Phi) is 4.01. The van der Waals surface area contributed by atoms with Crippen LogP contribution in [-0.2, 0) is 0 Å². The van der Waals surface area contributed by atoms with E-state index in [0.29, 0.717) is 10.6 Å². The molecule has 1 aromatic heterocycles. The lowest BCUT2D eigenvalue weighted by atomic mass is 10.2. The molecule has 3 rings (SSSR count). The molecule has 21 heavy (non-hydrogen) atoms. The molecule has 3 N–H and O–H groups in total. The minimum absolute atomic E-state index is 0.131. The fourth-order valence-electron chi connectivity index (χ4n) is 1.95. The Morgan fingerprint density at radius 2 is 1.90 bits per heavy atom. The molecule has 0 unspecified atom stereocenters. The number of thiophene rings is 1. The monoisotopic (exact) mass is 424 g/mol. The Hall–Kier alpha value is -1.37. The summed E-state index contributed by atoms with van der Waals surface area (Å²) in [4.78, 5) is 13.0. The van der Waals surface area contributed by atoms with Crippen LogP contribution in [0.5, 0.6) is 0 Å². The average molecular weight is 426 g/mol. The van der Waals surface area contributed by atoms with Gasteiger partial charge in [-0.1, -0.05) is 15.9 Å². The van der Waals surface area contributed by atoms with Gasteiger partial charge < -0.3 is 11.1 Å². The van der Waals surface area contributed by atoms with E-state index in [1.54, 1.807) is 0 Å².